The Hall–Kier alpha value is -2.95. The van der Waals surface area contributed by atoms with Crippen LogP contribution >= 0.6 is 0 Å². The van der Waals surface area contributed by atoms with Gasteiger partial charge in [0.2, 0.25) is 10.0 Å². The molecule has 10 heteroatoms. The molecule has 1 amide bonds. The first kappa shape index (κ1) is 22.3. The summed E-state index contributed by atoms with van der Waals surface area (Å²) in [7, 11) is -1.16. The zero-order chi connectivity index (χ0) is 22.9. The molecule has 1 saturated heterocycles. The third-order valence-corrected chi connectivity index (χ3v) is 7.57. The standard InChI is InChI=1S/C22H24N2O7S/c1-29-20-8-7-16(32(27,28)23-9-11-31-12-10-23)14-17(20)21(25)24-18-6-4-3-5-15(18)13-19(24)22(26)30-2/h3-8,14,19H,9-13H2,1-2H3. The number of nitrogens with zero attached hydrogens (tertiary/aromatic N) is 2. The van der Waals surface area contributed by atoms with Crippen LogP contribution in [0.25, 0.3) is 0 Å². The number of esters is 1. The fourth-order valence-corrected chi connectivity index (χ4v) is 5.48. The van der Waals surface area contributed by atoms with Crippen molar-refractivity contribution in [1.29, 1.82) is 0 Å². The van der Waals surface area contributed by atoms with Crippen LogP contribution in [-0.4, -0.2) is 71.2 Å². The second-order valence-electron chi connectivity index (χ2n) is 7.43. The van der Waals surface area contributed by atoms with Gasteiger partial charge < -0.3 is 14.2 Å². The van der Waals surface area contributed by atoms with Crippen LogP contribution in [0.15, 0.2) is 47.4 Å². The molecule has 1 atom stereocenters. The number of para-hydroxylation sites is 1. The Bertz CT molecular complexity index is 1140. The lowest BCUT2D eigenvalue weighted by molar-refractivity contribution is -0.141. The normalized spacial score (nSPS) is 18.8. The minimum Gasteiger partial charge on any atom is -0.496 e. The maximum Gasteiger partial charge on any atom is 0.329 e. The summed E-state index contributed by atoms with van der Waals surface area (Å²) in [6.45, 7) is 1.10. The summed E-state index contributed by atoms with van der Waals surface area (Å²) in [6, 6.07) is 10.5. The average Bonchev–Trinajstić information content (AvgIpc) is 3.22. The molecule has 4 rings (SSSR count). The molecular weight excluding hydrogens is 436 g/mol. The Morgan fingerprint density at radius 3 is 2.47 bits per heavy atom. The van der Waals surface area contributed by atoms with Gasteiger partial charge in [-0.15, -0.1) is 0 Å². The van der Waals surface area contributed by atoms with Crippen LogP contribution in [0.3, 0.4) is 0 Å². The van der Waals surface area contributed by atoms with E-state index < -0.39 is 27.9 Å². The predicted molar refractivity (Wildman–Crippen MR) is 115 cm³/mol. The molecule has 0 N–H and O–H groups in total. The third-order valence-electron chi connectivity index (χ3n) is 5.68. The van der Waals surface area contributed by atoms with E-state index in [4.69, 9.17) is 14.2 Å². The molecule has 0 saturated carbocycles. The fourth-order valence-electron chi connectivity index (χ4n) is 4.04. The van der Waals surface area contributed by atoms with Gasteiger partial charge in [0.05, 0.1) is 37.9 Å². The van der Waals surface area contributed by atoms with E-state index in [1.54, 1.807) is 12.1 Å². The molecule has 2 aliphatic rings. The Morgan fingerprint density at radius 1 is 1.06 bits per heavy atom. The number of anilines is 1. The lowest BCUT2D eigenvalue weighted by Gasteiger charge is -2.27. The van der Waals surface area contributed by atoms with E-state index >= 15 is 0 Å². The molecule has 9 nitrogen and oxygen atoms in total. The number of methoxy groups -OCH3 is 2. The Balaban J connectivity index is 1.77. The molecule has 170 valence electrons. The Labute approximate surface area is 186 Å². The molecule has 1 unspecified atom stereocenters. The molecule has 2 aromatic carbocycles. The second-order valence-corrected chi connectivity index (χ2v) is 9.36. The zero-order valence-electron chi connectivity index (χ0n) is 17.8. The van der Waals surface area contributed by atoms with Gasteiger partial charge in [0.1, 0.15) is 11.8 Å². The summed E-state index contributed by atoms with van der Waals surface area (Å²) in [5, 5.41) is 0. The highest BCUT2D eigenvalue weighted by Gasteiger charge is 2.40. The van der Waals surface area contributed by atoms with Gasteiger partial charge in [-0.1, -0.05) is 18.2 Å². The number of hydrogen-bond donors (Lipinski definition) is 0. The van der Waals surface area contributed by atoms with Gasteiger partial charge in [-0.25, -0.2) is 13.2 Å². The number of carbonyl (C=O) groups excluding carboxylic acids is 2. The number of sulfonamides is 1. The predicted octanol–water partition coefficient (Wildman–Crippen LogP) is 1.46. The maximum atomic E-state index is 13.7. The van der Waals surface area contributed by atoms with Crippen molar-refractivity contribution in [2.24, 2.45) is 0 Å². The number of rotatable bonds is 5. The number of ether oxygens (including phenoxy) is 3. The number of morpholine rings is 1. The van der Waals surface area contributed by atoms with Crippen LogP contribution in [0.4, 0.5) is 5.69 Å². The van der Waals surface area contributed by atoms with Gasteiger partial charge in [0, 0.05) is 25.2 Å². The lowest BCUT2D eigenvalue weighted by atomic mass is 10.1. The highest BCUT2D eigenvalue weighted by Crippen LogP contribution is 2.36. The van der Waals surface area contributed by atoms with Crippen LogP contribution < -0.4 is 9.64 Å². The van der Waals surface area contributed by atoms with Crippen molar-refractivity contribution >= 4 is 27.6 Å². The molecule has 2 heterocycles. The highest BCUT2D eigenvalue weighted by molar-refractivity contribution is 7.89. The van der Waals surface area contributed by atoms with Gasteiger partial charge in [-0.3, -0.25) is 9.69 Å². The molecule has 0 aromatic heterocycles. The Kier molecular flexibility index (Phi) is 6.18. The van der Waals surface area contributed by atoms with Gasteiger partial charge in [0.15, 0.2) is 0 Å². The van der Waals surface area contributed by atoms with E-state index in [0.717, 1.165) is 5.56 Å². The number of carbonyl (C=O) groups is 2. The zero-order valence-corrected chi connectivity index (χ0v) is 18.6. The first-order chi connectivity index (χ1) is 15.4. The summed E-state index contributed by atoms with van der Waals surface area (Å²) in [5.41, 5.74) is 1.45. The minimum absolute atomic E-state index is 0.0225. The monoisotopic (exact) mass is 460 g/mol. The largest absolute Gasteiger partial charge is 0.496 e. The van der Waals surface area contributed by atoms with Crippen LogP contribution in [0.2, 0.25) is 0 Å². The quantitative estimate of drug-likeness (QED) is 0.623. The van der Waals surface area contributed by atoms with Crippen LogP contribution in [0.5, 0.6) is 5.75 Å². The van der Waals surface area contributed by atoms with Crippen molar-refractivity contribution in [3.63, 3.8) is 0 Å². The van der Waals surface area contributed by atoms with Gasteiger partial charge in [-0.05, 0) is 29.8 Å². The molecular formula is C22H24N2O7S. The molecule has 0 spiro atoms. The molecule has 2 aromatic rings. The smallest absolute Gasteiger partial charge is 0.329 e. The molecule has 0 bridgehead atoms. The summed E-state index contributed by atoms with van der Waals surface area (Å²) in [4.78, 5) is 27.5. The highest BCUT2D eigenvalue weighted by atomic mass is 32.2. The molecule has 2 aliphatic heterocycles. The van der Waals surface area contributed by atoms with E-state index in [2.05, 4.69) is 0 Å². The number of fused-ring (bicyclic) bond motifs is 1. The SMILES string of the molecule is COC(=O)C1Cc2ccccc2N1C(=O)c1cc(S(=O)(=O)N2CCOCC2)ccc1OC. The summed E-state index contributed by atoms with van der Waals surface area (Å²) in [5.74, 6) is -0.879. The van der Waals surface area contributed by atoms with Gasteiger partial charge in [0.25, 0.3) is 5.91 Å². The van der Waals surface area contributed by atoms with Crippen LogP contribution in [-0.2, 0) is 30.7 Å². The van der Waals surface area contributed by atoms with Gasteiger partial charge in [-0.2, -0.15) is 4.31 Å². The fraction of sp³-hybridized carbons (Fsp3) is 0.364. The van der Waals surface area contributed by atoms with E-state index in [1.165, 1.54) is 41.6 Å². The second kappa shape index (κ2) is 8.89. The number of hydrogen-bond acceptors (Lipinski definition) is 7. The van der Waals surface area contributed by atoms with Crippen molar-refractivity contribution < 1.29 is 32.2 Å². The first-order valence-corrected chi connectivity index (χ1v) is 11.6. The van der Waals surface area contributed by atoms with Crippen molar-refractivity contribution in [3.05, 3.63) is 53.6 Å². The topological polar surface area (TPSA) is 102 Å². The molecule has 0 aliphatic carbocycles. The Morgan fingerprint density at radius 2 is 1.78 bits per heavy atom. The summed E-state index contributed by atoms with van der Waals surface area (Å²) < 4.78 is 43.1. The van der Waals surface area contributed by atoms with E-state index in [0.29, 0.717) is 25.3 Å². The van der Waals surface area contributed by atoms with E-state index in [9.17, 15) is 18.0 Å². The molecule has 0 radical (unpaired) electrons. The summed E-state index contributed by atoms with van der Waals surface area (Å²) >= 11 is 0. The third kappa shape index (κ3) is 3.85. The van der Waals surface area contributed by atoms with Crippen LogP contribution in [0, 0.1) is 0 Å². The van der Waals surface area contributed by atoms with Crippen LogP contribution in [0.1, 0.15) is 15.9 Å². The minimum atomic E-state index is -3.83. The van der Waals surface area contributed by atoms with E-state index in [1.807, 2.05) is 12.1 Å². The van der Waals surface area contributed by atoms with Crippen molar-refractivity contribution in [1.82, 2.24) is 4.31 Å². The van der Waals surface area contributed by atoms with Crippen molar-refractivity contribution in [3.8, 4) is 5.75 Å². The number of benzene rings is 2. The first-order valence-electron chi connectivity index (χ1n) is 10.1. The van der Waals surface area contributed by atoms with E-state index in [-0.39, 0.29) is 29.3 Å². The lowest BCUT2D eigenvalue weighted by Crippen LogP contribution is -2.44. The summed E-state index contributed by atoms with van der Waals surface area (Å²) in [6.07, 6.45) is 0.308. The van der Waals surface area contributed by atoms with Crippen molar-refractivity contribution in [2.75, 3.05) is 45.4 Å². The maximum absolute atomic E-state index is 13.7. The van der Waals surface area contributed by atoms with Gasteiger partial charge >= 0.3 is 5.97 Å². The molecule has 32 heavy (non-hydrogen) atoms. The number of amides is 1. The van der Waals surface area contributed by atoms with Crippen molar-refractivity contribution in [2.45, 2.75) is 17.4 Å². The molecule has 1 fully saturated rings. The average molecular weight is 461 g/mol.